The summed E-state index contributed by atoms with van der Waals surface area (Å²) in [6.07, 6.45) is 2.10. The van der Waals surface area contributed by atoms with Gasteiger partial charge in [-0.05, 0) is 306 Å². The summed E-state index contributed by atoms with van der Waals surface area (Å²) in [6, 6.07) is 4.94. The molecule has 99 heavy (non-hydrogen) atoms. The van der Waals surface area contributed by atoms with Crippen LogP contribution in [0.25, 0.3) is 0 Å². The van der Waals surface area contributed by atoms with Crippen LogP contribution in [0.4, 0.5) is 0 Å². The first-order valence-electron chi connectivity index (χ1n) is 35.8. The van der Waals surface area contributed by atoms with E-state index in [1.165, 1.54) is 0 Å². The van der Waals surface area contributed by atoms with Crippen LogP contribution in [-0.2, 0) is 87.0 Å². The monoisotopic (exact) mass is 1820 g/mol. The molecule has 47 heteroatoms. The summed E-state index contributed by atoms with van der Waals surface area (Å²) in [4.78, 5) is 21.2. The summed E-state index contributed by atoms with van der Waals surface area (Å²) < 4.78 is 147. The second-order valence-corrected chi connectivity index (χ2v) is 136. The van der Waals surface area contributed by atoms with Crippen LogP contribution in [0.2, 0.25) is 312 Å². The van der Waals surface area contributed by atoms with E-state index in [9.17, 15) is 9.59 Å². The molecule has 1 fully saturated rings. The average Bonchev–Trinajstić information content (AvgIpc) is 0.737. The summed E-state index contributed by atoms with van der Waals surface area (Å²) >= 11 is 0. The molecule has 0 aliphatic carbocycles. The number of rotatable bonds is 43. The topological polar surface area (TPSA) is 234 Å². The number of hydrogen-bond acceptors (Lipinski definition) is 23. The molecule has 3 atom stereocenters. The minimum absolute atomic E-state index is 0.639. The fourth-order valence-electron chi connectivity index (χ4n) is 15.4. The lowest BCUT2D eigenvalue weighted by molar-refractivity contribution is 0.218. The minimum Gasteiger partial charge on any atom is -0.439 e. The highest BCUT2D eigenvalue weighted by Crippen LogP contribution is 2.44. The lowest BCUT2D eigenvalue weighted by Crippen LogP contribution is -2.78. The predicted molar refractivity (Wildman–Crippen MR) is 464 cm³/mol. The summed E-state index contributed by atoms with van der Waals surface area (Å²) in [5, 5.41) is 0. The van der Waals surface area contributed by atoms with Crippen molar-refractivity contribution in [3.8, 4) is 0 Å². The van der Waals surface area contributed by atoms with Gasteiger partial charge >= 0.3 is 163 Å². The first kappa shape index (κ1) is 101. The van der Waals surface area contributed by atoms with Gasteiger partial charge < -0.3 is 96.6 Å². The maximum Gasteiger partial charge on any atom is 0.322 e. The lowest BCUT2D eigenvalue weighted by Gasteiger charge is -2.54. The Morgan fingerprint density at radius 1 is 0.313 bits per heavy atom. The van der Waals surface area contributed by atoms with Crippen molar-refractivity contribution in [1.82, 2.24) is 0 Å². The maximum atomic E-state index is 10.6. The van der Waals surface area contributed by atoms with E-state index < -0.39 is 204 Å². The Labute approximate surface area is 632 Å². The van der Waals surface area contributed by atoms with Gasteiger partial charge in [0.05, 0.1) is 7.11 Å². The quantitative estimate of drug-likeness (QED) is 0.0426. The standard InChI is InChI=1S/C52H152O23Si24/c1-55-76-48-50-97(42)49-46-45-47-56-79(6,7)74-98(43,75-97)51-52-99(44,95(38,39)72-93(34,35)70-91(30,31)68-89(26,27)66-87(22,23)64-85(18,19)62-83(14,15)60-81(10,11)58-78(4,5)54)96(40,41)73-94(36,37)71-92(32,33)69-90(28,29)67-88(24,25)65-86(20,21)63-84(16,17)61-82(12,13)59-80(8,9)57-77(2,3)53/h53-54H,45-52,76H2,1-44H3. The van der Waals surface area contributed by atoms with E-state index in [2.05, 4.69) is 177 Å². The van der Waals surface area contributed by atoms with Crippen LogP contribution in [0.3, 0.4) is 0 Å². The van der Waals surface area contributed by atoms with Crippen molar-refractivity contribution in [1.29, 1.82) is 0 Å². The second-order valence-electron chi connectivity index (χ2n) is 37.1. The van der Waals surface area contributed by atoms with Gasteiger partial charge in [0.2, 0.25) is 0 Å². The van der Waals surface area contributed by atoms with Gasteiger partial charge in [0, 0.05) is 13.7 Å². The van der Waals surface area contributed by atoms with Gasteiger partial charge in [0.1, 0.15) is 0 Å². The van der Waals surface area contributed by atoms with Crippen LogP contribution in [0.1, 0.15) is 12.8 Å². The smallest absolute Gasteiger partial charge is 0.322 e. The van der Waals surface area contributed by atoms with E-state index >= 15 is 0 Å². The highest BCUT2D eigenvalue weighted by molar-refractivity contribution is 7.67. The Morgan fingerprint density at radius 2 is 0.545 bits per heavy atom. The van der Waals surface area contributed by atoms with E-state index in [1.807, 2.05) is 85.7 Å². The molecule has 0 spiro atoms. The zero-order valence-corrected chi connectivity index (χ0v) is 95.7. The van der Waals surface area contributed by atoms with Crippen molar-refractivity contribution < 1.29 is 96.6 Å². The van der Waals surface area contributed by atoms with Crippen LogP contribution in [-0.4, -0.2) is 227 Å². The fraction of sp³-hybridized carbons (Fsp3) is 1.00. The van der Waals surface area contributed by atoms with E-state index in [4.69, 9.17) is 87.0 Å². The molecule has 1 saturated heterocycles. The zero-order valence-electron chi connectivity index (χ0n) is 71.3. The first-order chi connectivity index (χ1) is 42.9. The molecule has 23 nitrogen and oxygen atoms in total. The van der Waals surface area contributed by atoms with Crippen molar-refractivity contribution in [2.24, 2.45) is 0 Å². The van der Waals surface area contributed by atoms with Gasteiger partial charge in [-0.2, -0.15) is 0 Å². The molecule has 1 heterocycles. The molecule has 0 bridgehead atoms. The third kappa shape index (κ3) is 40.5. The van der Waals surface area contributed by atoms with Crippen LogP contribution in [0.5, 0.6) is 0 Å². The number of hydrogen-bond donors (Lipinski definition) is 2. The molecule has 1 aliphatic heterocycles. The molecule has 2 N–H and O–H groups in total. The summed E-state index contributed by atoms with van der Waals surface area (Å²) in [5.74, 6) is 0. The third-order valence-corrected chi connectivity index (χ3v) is 134. The Morgan fingerprint density at radius 3 is 0.778 bits per heavy atom. The van der Waals surface area contributed by atoms with E-state index in [1.54, 1.807) is 26.2 Å². The molecular weight excluding hydrogens is 1670 g/mol. The predicted octanol–water partition coefficient (Wildman–Crippen LogP) is 16.2. The normalized spacial score (nSPS) is 21.0. The summed E-state index contributed by atoms with van der Waals surface area (Å²) in [5.41, 5.74) is 0. The zero-order chi connectivity index (χ0) is 78.7. The molecule has 0 aromatic carbocycles. The second kappa shape index (κ2) is 35.4. The SMILES string of the molecule is CO[SiH2]CC[Si]1(C)CCCCO[Si](C)(C)O[Si](C)(CC[Si](C)([Si](C)(C)O[Si](C)(C)O[Si](C)(C)O[Si](C)(C)O[Si](C)(C)O[Si](C)(C)O[Si](C)(C)O[Si](C)(C)O[Si](C)(C)O)[Si](C)(C)O[Si](C)(C)O[Si](C)(C)O[Si](C)(C)O[Si](C)(C)O[Si](C)(C)O[Si](C)(C)O[Si](C)(C)O[Si](C)(C)O[Si](C)(C)O)O1. The third-order valence-electron chi connectivity index (χ3n) is 15.6. The molecule has 0 amide bonds. The van der Waals surface area contributed by atoms with Crippen molar-refractivity contribution >= 4 is 204 Å². The lowest BCUT2D eigenvalue weighted by atomic mass is 10.4. The fourth-order valence-corrected chi connectivity index (χ4v) is 164. The Hall–Kier alpha value is 4.29. The Bertz CT molecular complexity index is 2530. The molecule has 1 aliphatic rings. The first-order valence-corrected chi connectivity index (χ1v) is 104. The molecule has 0 aromatic rings. The highest BCUT2D eigenvalue weighted by Gasteiger charge is 2.64. The Kier molecular flexibility index (Phi) is 36.2. The van der Waals surface area contributed by atoms with Gasteiger partial charge in [-0.25, -0.2) is 0 Å². The van der Waals surface area contributed by atoms with Gasteiger partial charge in [0.15, 0.2) is 33.8 Å². The largest absolute Gasteiger partial charge is 0.439 e. The molecule has 0 radical (unpaired) electrons. The highest BCUT2D eigenvalue weighted by atomic mass is 29.7. The molecule has 594 valence electrons. The Balaban J connectivity index is 3.82. The molecule has 3 unspecified atom stereocenters. The van der Waals surface area contributed by atoms with Gasteiger partial charge in [-0.15, -0.1) is 0 Å². The molecule has 1 rings (SSSR count). The maximum absolute atomic E-state index is 10.6. The minimum atomic E-state index is -3.03. The van der Waals surface area contributed by atoms with Crippen LogP contribution >= 0.6 is 0 Å². The van der Waals surface area contributed by atoms with Crippen LogP contribution < -0.4 is 0 Å². The van der Waals surface area contributed by atoms with Crippen LogP contribution in [0, 0.1) is 0 Å². The molecule has 0 aromatic heterocycles. The van der Waals surface area contributed by atoms with E-state index in [0.717, 1.165) is 43.1 Å². The molecule has 0 saturated carbocycles. The van der Waals surface area contributed by atoms with Crippen molar-refractivity contribution in [3.05, 3.63) is 0 Å². The molecular formula is C52H152O23Si24. The van der Waals surface area contributed by atoms with Crippen LogP contribution in [0.15, 0.2) is 0 Å². The van der Waals surface area contributed by atoms with Gasteiger partial charge in [0.25, 0.3) is 0 Å². The van der Waals surface area contributed by atoms with Gasteiger partial charge in [-0.3, -0.25) is 0 Å². The summed E-state index contributed by atoms with van der Waals surface area (Å²) in [6.45, 7) is 91.3. The van der Waals surface area contributed by atoms with Crippen molar-refractivity contribution in [3.63, 3.8) is 0 Å². The van der Waals surface area contributed by atoms with E-state index in [-0.39, 0.29) is 0 Å². The van der Waals surface area contributed by atoms with Gasteiger partial charge in [-0.1, -0.05) is 19.0 Å². The van der Waals surface area contributed by atoms with Crippen molar-refractivity contribution in [2.75, 3.05) is 13.7 Å². The van der Waals surface area contributed by atoms with E-state index in [0.29, 0.717) is 6.61 Å². The average molecular weight is 1820 g/mol. The summed E-state index contributed by atoms with van der Waals surface area (Å²) in [7, 11) is -63.9. The van der Waals surface area contributed by atoms with Crippen molar-refractivity contribution in [2.45, 2.75) is 325 Å².